The summed E-state index contributed by atoms with van der Waals surface area (Å²) in [5.41, 5.74) is 1.00. The summed E-state index contributed by atoms with van der Waals surface area (Å²) in [6, 6.07) is 9.65. The molecule has 0 atom stereocenters. The van der Waals surface area contributed by atoms with Gasteiger partial charge in [0.05, 0.1) is 15.5 Å². The molecule has 0 saturated heterocycles. The predicted octanol–water partition coefficient (Wildman–Crippen LogP) is 3.03. The van der Waals surface area contributed by atoms with Gasteiger partial charge in [-0.15, -0.1) is 11.3 Å². The van der Waals surface area contributed by atoms with Gasteiger partial charge in [0.25, 0.3) is 5.91 Å². The first-order valence-electron chi connectivity index (χ1n) is 5.48. The molecule has 0 unspecified atom stereocenters. The van der Waals surface area contributed by atoms with Crippen molar-refractivity contribution in [2.45, 2.75) is 0 Å². The number of carbonyl (C=O) groups excluding carboxylic acids is 1. The lowest BCUT2D eigenvalue weighted by Crippen LogP contribution is -2.11. The van der Waals surface area contributed by atoms with E-state index < -0.39 is 10.0 Å². The number of halogens is 1. The molecule has 106 valence electrons. The highest BCUT2D eigenvalue weighted by molar-refractivity contribution is 7.92. The summed E-state index contributed by atoms with van der Waals surface area (Å²) < 4.78 is 25.0. The SMILES string of the molecule is CS(=O)(=O)Nc1ccc(NC(=O)c2ccc(Cl)s2)cc1. The normalized spacial score (nSPS) is 11.1. The molecule has 0 aliphatic heterocycles. The third-order valence-electron chi connectivity index (χ3n) is 2.24. The van der Waals surface area contributed by atoms with Crippen LogP contribution in [0, 0.1) is 0 Å². The van der Waals surface area contributed by atoms with Gasteiger partial charge in [0.15, 0.2) is 0 Å². The van der Waals surface area contributed by atoms with E-state index in [9.17, 15) is 13.2 Å². The van der Waals surface area contributed by atoms with E-state index in [1.165, 1.54) is 11.3 Å². The first-order chi connectivity index (χ1) is 9.33. The fraction of sp³-hybridized carbons (Fsp3) is 0.0833. The number of amides is 1. The smallest absolute Gasteiger partial charge is 0.265 e. The van der Waals surface area contributed by atoms with E-state index in [1.54, 1.807) is 36.4 Å². The van der Waals surface area contributed by atoms with Crippen molar-refractivity contribution >= 4 is 50.2 Å². The lowest BCUT2D eigenvalue weighted by Gasteiger charge is -2.06. The molecule has 0 spiro atoms. The number of hydrogen-bond acceptors (Lipinski definition) is 4. The molecule has 0 saturated carbocycles. The molecule has 2 aromatic rings. The molecule has 1 aromatic heterocycles. The fourth-order valence-electron chi connectivity index (χ4n) is 1.46. The second-order valence-electron chi connectivity index (χ2n) is 4.01. The highest BCUT2D eigenvalue weighted by atomic mass is 35.5. The molecule has 2 rings (SSSR count). The predicted molar refractivity (Wildman–Crippen MR) is 82.2 cm³/mol. The van der Waals surface area contributed by atoms with Gasteiger partial charge in [-0.25, -0.2) is 8.42 Å². The van der Waals surface area contributed by atoms with Gasteiger partial charge in [-0.05, 0) is 36.4 Å². The van der Waals surface area contributed by atoms with Gasteiger partial charge in [-0.1, -0.05) is 11.6 Å². The largest absolute Gasteiger partial charge is 0.321 e. The summed E-state index contributed by atoms with van der Waals surface area (Å²) in [6.45, 7) is 0. The van der Waals surface area contributed by atoms with Crippen LogP contribution in [0.2, 0.25) is 4.34 Å². The Hall–Kier alpha value is -1.57. The minimum Gasteiger partial charge on any atom is -0.321 e. The minimum absolute atomic E-state index is 0.259. The van der Waals surface area contributed by atoms with Crippen LogP contribution in [0.3, 0.4) is 0 Å². The number of anilines is 2. The molecule has 0 fully saturated rings. The maximum Gasteiger partial charge on any atom is 0.265 e. The number of sulfonamides is 1. The van der Waals surface area contributed by atoms with Crippen LogP contribution in [0.4, 0.5) is 11.4 Å². The van der Waals surface area contributed by atoms with Crippen molar-refractivity contribution in [2.24, 2.45) is 0 Å². The molecule has 1 amide bonds. The topological polar surface area (TPSA) is 75.3 Å². The lowest BCUT2D eigenvalue weighted by molar-refractivity contribution is 0.103. The number of benzene rings is 1. The highest BCUT2D eigenvalue weighted by Crippen LogP contribution is 2.22. The van der Waals surface area contributed by atoms with E-state index in [4.69, 9.17) is 11.6 Å². The van der Waals surface area contributed by atoms with Crippen molar-refractivity contribution in [3.8, 4) is 0 Å². The maximum atomic E-state index is 11.9. The summed E-state index contributed by atoms with van der Waals surface area (Å²) >= 11 is 6.95. The Morgan fingerprint density at radius 1 is 1.10 bits per heavy atom. The average Bonchev–Trinajstić information content (AvgIpc) is 2.77. The Labute approximate surface area is 125 Å². The molecule has 8 heteroatoms. The monoisotopic (exact) mass is 330 g/mol. The van der Waals surface area contributed by atoms with Crippen molar-refractivity contribution in [1.29, 1.82) is 0 Å². The number of thiophene rings is 1. The Kier molecular flexibility index (Phi) is 4.32. The quantitative estimate of drug-likeness (QED) is 0.904. The van der Waals surface area contributed by atoms with Crippen LogP contribution in [0.15, 0.2) is 36.4 Å². The molecule has 1 aromatic carbocycles. The second kappa shape index (κ2) is 5.82. The van der Waals surface area contributed by atoms with Crippen LogP contribution in [-0.2, 0) is 10.0 Å². The Balaban J connectivity index is 2.06. The van der Waals surface area contributed by atoms with Crippen molar-refractivity contribution in [2.75, 3.05) is 16.3 Å². The summed E-state index contributed by atoms with van der Waals surface area (Å²) in [5, 5.41) is 2.70. The van der Waals surface area contributed by atoms with E-state index in [0.717, 1.165) is 6.26 Å². The molecule has 1 heterocycles. The molecule has 2 N–H and O–H groups in total. The van der Waals surface area contributed by atoms with Gasteiger partial charge in [0, 0.05) is 11.4 Å². The van der Waals surface area contributed by atoms with Crippen LogP contribution >= 0.6 is 22.9 Å². The van der Waals surface area contributed by atoms with Crippen molar-refractivity contribution in [3.63, 3.8) is 0 Å². The van der Waals surface area contributed by atoms with Gasteiger partial charge >= 0.3 is 0 Å². The molecular formula is C12H11ClN2O3S2. The van der Waals surface area contributed by atoms with Crippen LogP contribution in [0.1, 0.15) is 9.67 Å². The molecule has 0 aliphatic carbocycles. The first kappa shape index (κ1) is 14.8. The van der Waals surface area contributed by atoms with Crippen LogP contribution in [0.5, 0.6) is 0 Å². The summed E-state index contributed by atoms with van der Waals surface area (Å²) in [5.74, 6) is -0.259. The van der Waals surface area contributed by atoms with Gasteiger partial charge in [0.2, 0.25) is 10.0 Å². The molecule has 5 nitrogen and oxygen atoms in total. The molecule has 0 radical (unpaired) electrons. The van der Waals surface area contributed by atoms with Crippen LogP contribution in [-0.4, -0.2) is 20.6 Å². The first-order valence-corrected chi connectivity index (χ1v) is 8.56. The van der Waals surface area contributed by atoms with E-state index in [2.05, 4.69) is 10.0 Å². The Morgan fingerprint density at radius 2 is 1.70 bits per heavy atom. The van der Waals surface area contributed by atoms with E-state index >= 15 is 0 Å². The number of carbonyl (C=O) groups is 1. The van der Waals surface area contributed by atoms with Crippen LogP contribution in [0.25, 0.3) is 0 Å². The Morgan fingerprint density at radius 3 is 2.20 bits per heavy atom. The average molecular weight is 331 g/mol. The summed E-state index contributed by atoms with van der Waals surface area (Å²) in [7, 11) is -3.30. The number of hydrogen-bond donors (Lipinski definition) is 2. The Bertz CT molecular complexity index is 723. The van der Waals surface area contributed by atoms with Crippen molar-refractivity contribution in [3.05, 3.63) is 45.6 Å². The zero-order chi connectivity index (χ0) is 14.8. The zero-order valence-electron chi connectivity index (χ0n) is 10.4. The van der Waals surface area contributed by atoms with Gasteiger partial charge < -0.3 is 5.32 Å². The standard InChI is InChI=1S/C12H11ClN2O3S2/c1-20(17,18)15-9-4-2-8(3-5-9)14-12(16)10-6-7-11(13)19-10/h2-7,15H,1H3,(H,14,16). The van der Waals surface area contributed by atoms with Crippen molar-refractivity contribution in [1.82, 2.24) is 0 Å². The summed E-state index contributed by atoms with van der Waals surface area (Å²) in [4.78, 5) is 12.4. The molecular weight excluding hydrogens is 320 g/mol. The van der Waals surface area contributed by atoms with E-state index in [-0.39, 0.29) is 5.91 Å². The second-order valence-corrected chi connectivity index (χ2v) is 7.47. The highest BCUT2D eigenvalue weighted by Gasteiger charge is 2.09. The van der Waals surface area contributed by atoms with Crippen LogP contribution < -0.4 is 10.0 Å². The van der Waals surface area contributed by atoms with Gasteiger partial charge in [0.1, 0.15) is 0 Å². The minimum atomic E-state index is -3.30. The molecule has 0 aliphatic rings. The van der Waals surface area contributed by atoms with Crippen molar-refractivity contribution < 1.29 is 13.2 Å². The zero-order valence-corrected chi connectivity index (χ0v) is 12.8. The third kappa shape index (κ3) is 4.22. The van der Waals surface area contributed by atoms with E-state index in [0.29, 0.717) is 20.6 Å². The summed E-state index contributed by atoms with van der Waals surface area (Å²) in [6.07, 6.45) is 1.07. The molecule has 0 bridgehead atoms. The van der Waals surface area contributed by atoms with E-state index in [1.807, 2.05) is 0 Å². The lowest BCUT2D eigenvalue weighted by atomic mass is 10.3. The number of rotatable bonds is 4. The number of nitrogens with one attached hydrogen (secondary N) is 2. The maximum absolute atomic E-state index is 11.9. The third-order valence-corrected chi connectivity index (χ3v) is 4.08. The van der Waals surface area contributed by atoms with Gasteiger partial charge in [-0.2, -0.15) is 0 Å². The van der Waals surface area contributed by atoms with Gasteiger partial charge in [-0.3, -0.25) is 9.52 Å². The molecule has 20 heavy (non-hydrogen) atoms. The fourth-order valence-corrected chi connectivity index (χ4v) is 2.97.